The third-order valence-corrected chi connectivity index (χ3v) is 6.25. The molecule has 6 N–H and O–H groups in total. The van der Waals surface area contributed by atoms with E-state index in [1.54, 1.807) is 4.90 Å². The number of nitrogens with one attached hydrogen (secondary N) is 1. The Kier molecular flexibility index (Phi) is 6.73. The maximum Gasteiger partial charge on any atom is 0.330 e. The van der Waals surface area contributed by atoms with Crippen LogP contribution in [0.1, 0.15) is 6.23 Å². The highest BCUT2D eigenvalue weighted by molar-refractivity contribution is 7.52. The molecule has 2 saturated heterocycles. The van der Waals surface area contributed by atoms with Gasteiger partial charge in [-0.3, -0.25) is 23.8 Å². The number of H-pyrrole nitrogens is 1. The van der Waals surface area contributed by atoms with E-state index in [-0.39, 0.29) is 25.8 Å². The maximum atomic E-state index is 12.2. The molecule has 0 amide bonds. The molecule has 1 aromatic rings. The summed E-state index contributed by atoms with van der Waals surface area (Å²) < 4.78 is 23.5. The predicted molar refractivity (Wildman–Crippen MR) is 96.3 cm³/mol. The van der Waals surface area contributed by atoms with Crippen molar-refractivity contribution in [2.24, 2.45) is 0 Å². The number of likely N-dealkylation sites (tertiary alicyclic amines) is 1. The molecule has 14 heteroatoms. The monoisotopic (exact) mass is 437 g/mol. The van der Waals surface area contributed by atoms with Crippen molar-refractivity contribution in [1.29, 1.82) is 0 Å². The molecule has 3 heterocycles. The van der Waals surface area contributed by atoms with Crippen LogP contribution in [0, 0.1) is 0 Å². The molecule has 0 aromatic carbocycles. The van der Waals surface area contributed by atoms with Crippen LogP contribution in [-0.4, -0.2) is 103 Å². The Morgan fingerprint density at radius 2 is 1.83 bits per heavy atom. The average Bonchev–Trinajstić information content (AvgIpc) is 3.12. The van der Waals surface area contributed by atoms with Gasteiger partial charge in [-0.05, 0) is 0 Å². The number of aromatic nitrogens is 2. The van der Waals surface area contributed by atoms with Crippen LogP contribution in [0.5, 0.6) is 0 Å². The van der Waals surface area contributed by atoms with E-state index in [9.17, 15) is 39.5 Å². The second kappa shape index (κ2) is 8.76. The first-order valence-electron chi connectivity index (χ1n) is 8.95. The lowest BCUT2D eigenvalue weighted by Gasteiger charge is -2.20. The first kappa shape index (κ1) is 22.3. The maximum absolute atomic E-state index is 12.2. The van der Waals surface area contributed by atoms with Crippen LogP contribution in [0.4, 0.5) is 0 Å². The predicted octanol–water partition coefficient (Wildman–Crippen LogP) is -3.60. The lowest BCUT2D eigenvalue weighted by molar-refractivity contribution is -0.0525. The van der Waals surface area contributed by atoms with E-state index in [1.165, 1.54) is 0 Å². The van der Waals surface area contributed by atoms with Crippen LogP contribution in [0.15, 0.2) is 21.9 Å². The second-order valence-corrected chi connectivity index (χ2v) is 9.10. The van der Waals surface area contributed by atoms with Crippen LogP contribution in [0.2, 0.25) is 0 Å². The highest BCUT2D eigenvalue weighted by Gasteiger charge is 2.45. The van der Waals surface area contributed by atoms with Gasteiger partial charge in [-0.1, -0.05) is 0 Å². The van der Waals surface area contributed by atoms with E-state index in [2.05, 4.69) is 0 Å². The molecule has 13 nitrogen and oxygen atoms in total. The van der Waals surface area contributed by atoms with Crippen molar-refractivity contribution in [3.05, 3.63) is 33.1 Å². The molecule has 164 valence electrons. The second-order valence-electron chi connectivity index (χ2n) is 7.11. The number of ether oxygens (including phenoxy) is 1. The van der Waals surface area contributed by atoms with Gasteiger partial charge >= 0.3 is 13.3 Å². The number of β-amino-alcohol motifs (C(OH)–C–C–N with tert-alkyl or cyclic N) is 2. The number of aliphatic hydroxyl groups excluding tert-OH is 4. The normalized spacial score (nSPS) is 35.1. The molecule has 0 spiro atoms. The molecule has 2 aliphatic rings. The largest absolute Gasteiger partial charge is 0.389 e. The van der Waals surface area contributed by atoms with Gasteiger partial charge in [0.15, 0.2) is 6.23 Å². The van der Waals surface area contributed by atoms with Crippen LogP contribution < -0.4 is 11.2 Å². The molecule has 1 aromatic heterocycles. The van der Waals surface area contributed by atoms with Gasteiger partial charge in [-0.25, -0.2) is 4.79 Å². The van der Waals surface area contributed by atoms with Crippen molar-refractivity contribution in [1.82, 2.24) is 14.5 Å². The van der Waals surface area contributed by atoms with E-state index >= 15 is 0 Å². The summed E-state index contributed by atoms with van der Waals surface area (Å²) in [7, 11) is -4.08. The van der Waals surface area contributed by atoms with Crippen LogP contribution >= 0.6 is 7.60 Å². The Balaban J connectivity index is 1.55. The number of rotatable bonds is 7. The first-order chi connectivity index (χ1) is 13.6. The molecular weight excluding hydrogens is 413 g/mol. The molecule has 3 rings (SSSR count). The van der Waals surface area contributed by atoms with Crippen LogP contribution in [0.3, 0.4) is 0 Å². The molecule has 0 bridgehead atoms. The minimum Gasteiger partial charge on any atom is -0.389 e. The molecule has 0 radical (unpaired) electrons. The Hall–Kier alpha value is -1.41. The zero-order valence-corrected chi connectivity index (χ0v) is 16.2. The minimum absolute atomic E-state index is 0.105. The Bertz CT molecular complexity index is 864. The third kappa shape index (κ3) is 5.20. The zero-order valence-electron chi connectivity index (χ0n) is 15.3. The molecule has 29 heavy (non-hydrogen) atoms. The van der Waals surface area contributed by atoms with E-state index in [0.29, 0.717) is 0 Å². The van der Waals surface area contributed by atoms with Gasteiger partial charge < -0.3 is 34.6 Å². The standard InChI is InChI=1S/C15H24N3O10P/c19-8-5-17(6-9(8)20)3-4-29(25,26)27-7-10-12(22)13(23)14(28-10)18-2-1-11(21)16-15(18)24/h1-2,8-10,12-14,19-20,22-23H,3-7H2,(H,25,26)(H,16,21,24)/t8-,9-,10-,12-,13-,14-/m1/s1. The topological polar surface area (TPSA) is 195 Å². The van der Waals surface area contributed by atoms with E-state index in [1.807, 2.05) is 4.98 Å². The summed E-state index contributed by atoms with van der Waals surface area (Å²) >= 11 is 0. The van der Waals surface area contributed by atoms with Crippen molar-refractivity contribution in [3.8, 4) is 0 Å². The number of aliphatic hydroxyl groups is 4. The Morgan fingerprint density at radius 3 is 2.45 bits per heavy atom. The molecule has 0 aliphatic carbocycles. The fraction of sp³-hybridized carbons (Fsp3) is 0.733. The Labute approximate surface area is 164 Å². The van der Waals surface area contributed by atoms with Crippen molar-refractivity contribution in [2.75, 3.05) is 32.4 Å². The van der Waals surface area contributed by atoms with E-state index in [0.717, 1.165) is 16.8 Å². The van der Waals surface area contributed by atoms with Crippen molar-refractivity contribution >= 4 is 7.60 Å². The summed E-state index contributed by atoms with van der Waals surface area (Å²) in [5, 5.41) is 39.2. The summed E-state index contributed by atoms with van der Waals surface area (Å²) in [6.45, 7) is -0.0688. The van der Waals surface area contributed by atoms with Gasteiger partial charge in [0, 0.05) is 31.9 Å². The lowest BCUT2D eigenvalue weighted by Crippen LogP contribution is -2.37. The highest BCUT2D eigenvalue weighted by atomic mass is 31.2. The summed E-state index contributed by atoms with van der Waals surface area (Å²) in [6.07, 6.45) is -6.53. The zero-order chi connectivity index (χ0) is 21.3. The molecular formula is C15H24N3O10P. The summed E-state index contributed by atoms with van der Waals surface area (Å²) in [5.41, 5.74) is -1.49. The van der Waals surface area contributed by atoms with Crippen molar-refractivity contribution in [2.45, 2.75) is 36.7 Å². The van der Waals surface area contributed by atoms with Crippen LogP contribution in [0.25, 0.3) is 0 Å². The summed E-state index contributed by atoms with van der Waals surface area (Å²) in [6, 6.07) is 1.04. The SMILES string of the molecule is O=c1ccn([C@@H]2O[C@H](COP(=O)(O)CCN3C[C@@H](O)[C@H](O)C3)[C@@H](O)[C@H]2O)c(=O)[nH]1. The summed E-state index contributed by atoms with van der Waals surface area (Å²) in [5.74, 6) is 0. The van der Waals surface area contributed by atoms with Gasteiger partial charge in [0.05, 0.1) is 25.0 Å². The van der Waals surface area contributed by atoms with Gasteiger partial charge in [0.25, 0.3) is 5.56 Å². The van der Waals surface area contributed by atoms with Crippen molar-refractivity contribution in [3.63, 3.8) is 0 Å². The van der Waals surface area contributed by atoms with E-state index < -0.39 is 62.2 Å². The number of hydrogen-bond donors (Lipinski definition) is 6. The molecule has 7 atom stereocenters. The summed E-state index contributed by atoms with van der Waals surface area (Å²) in [4.78, 5) is 36.6. The highest BCUT2D eigenvalue weighted by Crippen LogP contribution is 2.43. The van der Waals surface area contributed by atoms with E-state index in [4.69, 9.17) is 9.26 Å². The molecule has 2 fully saturated rings. The third-order valence-electron chi connectivity index (χ3n) is 4.94. The van der Waals surface area contributed by atoms with Gasteiger partial charge in [-0.2, -0.15) is 0 Å². The van der Waals surface area contributed by atoms with Gasteiger partial charge in [0.2, 0.25) is 0 Å². The number of aromatic amines is 1. The fourth-order valence-electron chi connectivity index (χ4n) is 3.28. The molecule has 2 aliphatic heterocycles. The number of hydrogen-bond acceptors (Lipinski definition) is 10. The Morgan fingerprint density at radius 1 is 1.17 bits per heavy atom. The lowest BCUT2D eigenvalue weighted by atomic mass is 10.1. The van der Waals surface area contributed by atoms with Gasteiger partial charge in [0.1, 0.15) is 18.3 Å². The fourth-order valence-corrected chi connectivity index (χ4v) is 4.32. The smallest absolute Gasteiger partial charge is 0.330 e. The van der Waals surface area contributed by atoms with Crippen LogP contribution in [-0.2, 0) is 13.8 Å². The molecule has 1 unspecified atom stereocenters. The average molecular weight is 437 g/mol. The quantitative estimate of drug-likeness (QED) is 0.231. The number of nitrogens with zero attached hydrogens (tertiary/aromatic N) is 2. The first-order valence-corrected chi connectivity index (χ1v) is 10.7. The molecule has 0 saturated carbocycles. The minimum atomic E-state index is -4.08. The van der Waals surface area contributed by atoms with Gasteiger partial charge in [-0.15, -0.1) is 0 Å². The van der Waals surface area contributed by atoms with Crippen molar-refractivity contribution < 1.29 is 39.1 Å².